The summed E-state index contributed by atoms with van der Waals surface area (Å²) in [5.41, 5.74) is 0.846. The normalized spacial score (nSPS) is 20.1. The predicted octanol–water partition coefficient (Wildman–Crippen LogP) is 1.68. The fraction of sp³-hybridized carbons (Fsp3) is 0.714. The number of esters is 1. The van der Waals surface area contributed by atoms with E-state index >= 15 is 0 Å². The zero-order chi connectivity index (χ0) is 14.1. The van der Waals surface area contributed by atoms with Gasteiger partial charge in [-0.25, -0.2) is 4.79 Å². The minimum absolute atomic E-state index is 0.00593. The van der Waals surface area contributed by atoms with Gasteiger partial charge in [-0.2, -0.15) is 5.10 Å². The Morgan fingerprint density at radius 3 is 2.70 bits per heavy atom. The molecule has 1 aliphatic carbocycles. The van der Waals surface area contributed by atoms with E-state index in [4.69, 9.17) is 9.47 Å². The van der Waals surface area contributed by atoms with Crippen LogP contribution in [0.3, 0.4) is 0 Å². The van der Waals surface area contributed by atoms with Crippen LogP contribution < -0.4 is 0 Å². The average Bonchev–Trinajstić information content (AvgIpc) is 3.25. The topological polar surface area (TPSA) is 73.6 Å². The van der Waals surface area contributed by atoms with E-state index in [1.54, 1.807) is 4.68 Å². The van der Waals surface area contributed by atoms with Gasteiger partial charge in [-0.05, 0) is 31.6 Å². The smallest absolute Gasteiger partial charge is 0.360 e. The van der Waals surface area contributed by atoms with Crippen LogP contribution in [-0.4, -0.2) is 41.2 Å². The number of carbonyl (C=O) groups excluding carboxylic acids is 1. The van der Waals surface area contributed by atoms with Gasteiger partial charge in [-0.1, -0.05) is 0 Å². The third-order valence-corrected chi connectivity index (χ3v) is 4.07. The van der Waals surface area contributed by atoms with Crippen LogP contribution in [0.15, 0.2) is 0 Å². The summed E-state index contributed by atoms with van der Waals surface area (Å²) in [6.07, 6.45) is 3.98. The molecule has 0 spiro atoms. The van der Waals surface area contributed by atoms with E-state index in [2.05, 4.69) is 5.10 Å². The molecule has 1 saturated heterocycles. The summed E-state index contributed by atoms with van der Waals surface area (Å²) in [5.74, 6) is 0.216. The van der Waals surface area contributed by atoms with Crippen molar-refractivity contribution >= 4 is 5.97 Å². The fourth-order valence-electron chi connectivity index (χ4n) is 2.71. The lowest BCUT2D eigenvalue weighted by Crippen LogP contribution is -2.23. The molecule has 3 rings (SSSR count). The van der Waals surface area contributed by atoms with Gasteiger partial charge in [-0.3, -0.25) is 4.68 Å². The highest BCUT2D eigenvalue weighted by molar-refractivity contribution is 5.91. The predicted molar refractivity (Wildman–Crippen MR) is 70.7 cm³/mol. The highest BCUT2D eigenvalue weighted by Gasteiger charge is 2.34. The Morgan fingerprint density at radius 2 is 2.10 bits per heavy atom. The Morgan fingerprint density at radius 1 is 1.40 bits per heavy atom. The third kappa shape index (κ3) is 2.52. The summed E-state index contributed by atoms with van der Waals surface area (Å²) >= 11 is 0. The van der Waals surface area contributed by atoms with Gasteiger partial charge >= 0.3 is 5.97 Å². The second-order valence-corrected chi connectivity index (χ2v) is 5.59. The van der Waals surface area contributed by atoms with E-state index in [9.17, 15) is 9.90 Å². The van der Waals surface area contributed by atoms with Crippen LogP contribution in [0, 0.1) is 5.92 Å². The summed E-state index contributed by atoms with van der Waals surface area (Å²) < 4.78 is 11.7. The van der Waals surface area contributed by atoms with Crippen molar-refractivity contribution < 1.29 is 19.4 Å². The molecule has 20 heavy (non-hydrogen) atoms. The molecule has 0 radical (unpaired) electrons. The Kier molecular flexibility index (Phi) is 3.65. The summed E-state index contributed by atoms with van der Waals surface area (Å²) in [7, 11) is 1.32. The summed E-state index contributed by atoms with van der Waals surface area (Å²) in [4.78, 5) is 11.9. The lowest BCUT2D eigenvalue weighted by atomic mass is 10.0. The number of methoxy groups -OCH3 is 1. The quantitative estimate of drug-likeness (QED) is 0.849. The third-order valence-electron chi connectivity index (χ3n) is 4.07. The second kappa shape index (κ2) is 5.44. The van der Waals surface area contributed by atoms with Gasteiger partial charge < -0.3 is 14.6 Å². The fourth-order valence-corrected chi connectivity index (χ4v) is 2.71. The van der Waals surface area contributed by atoms with Gasteiger partial charge in [-0.15, -0.1) is 0 Å². The summed E-state index contributed by atoms with van der Waals surface area (Å²) in [6, 6.07) is 0. The highest BCUT2D eigenvalue weighted by atomic mass is 16.5. The van der Waals surface area contributed by atoms with Gasteiger partial charge in [0.1, 0.15) is 5.69 Å². The largest absolute Gasteiger partial charge is 0.504 e. The van der Waals surface area contributed by atoms with Crippen molar-refractivity contribution in [2.24, 2.45) is 5.92 Å². The summed E-state index contributed by atoms with van der Waals surface area (Å²) in [6.45, 7) is 2.13. The number of aromatic nitrogens is 2. The maximum atomic E-state index is 11.9. The molecule has 0 aromatic carbocycles. The Bertz CT molecular complexity index is 502. The maximum absolute atomic E-state index is 11.9. The molecule has 1 N–H and O–H groups in total. The van der Waals surface area contributed by atoms with Crippen molar-refractivity contribution in [2.75, 3.05) is 20.3 Å². The molecule has 2 fully saturated rings. The number of carbonyl (C=O) groups is 1. The Balaban J connectivity index is 1.87. The first-order valence-electron chi connectivity index (χ1n) is 7.16. The minimum atomic E-state index is -0.519. The molecule has 0 atom stereocenters. The number of hydrogen-bond acceptors (Lipinski definition) is 5. The van der Waals surface area contributed by atoms with Gasteiger partial charge in [0.2, 0.25) is 0 Å². The molecule has 1 aromatic rings. The van der Waals surface area contributed by atoms with E-state index in [0.717, 1.165) is 38.9 Å². The molecule has 2 aliphatic rings. The summed E-state index contributed by atoms with van der Waals surface area (Å²) in [5, 5.41) is 14.7. The standard InChI is InChI=1S/C14H20N2O4/c1-19-14(18)12-13(17)11(10-2-3-10)15-16(12)8-9-4-6-20-7-5-9/h9-10,17H,2-8H2,1H3. The van der Waals surface area contributed by atoms with Crippen LogP contribution in [-0.2, 0) is 16.0 Å². The van der Waals surface area contributed by atoms with Crippen molar-refractivity contribution in [3.05, 3.63) is 11.4 Å². The number of ether oxygens (including phenoxy) is 2. The molecule has 6 heteroatoms. The van der Waals surface area contributed by atoms with Crippen molar-refractivity contribution in [3.8, 4) is 5.75 Å². The zero-order valence-electron chi connectivity index (χ0n) is 11.7. The Hall–Kier alpha value is -1.56. The second-order valence-electron chi connectivity index (χ2n) is 5.59. The first-order chi connectivity index (χ1) is 9.70. The van der Waals surface area contributed by atoms with E-state index in [-0.39, 0.29) is 11.4 Å². The zero-order valence-corrected chi connectivity index (χ0v) is 11.7. The van der Waals surface area contributed by atoms with Gasteiger partial charge in [0.05, 0.1) is 7.11 Å². The molecule has 1 aliphatic heterocycles. The van der Waals surface area contributed by atoms with Crippen LogP contribution in [0.1, 0.15) is 47.8 Å². The molecule has 0 unspecified atom stereocenters. The minimum Gasteiger partial charge on any atom is -0.504 e. The van der Waals surface area contributed by atoms with Crippen molar-refractivity contribution in [2.45, 2.75) is 38.1 Å². The molecule has 0 amide bonds. The van der Waals surface area contributed by atoms with Crippen molar-refractivity contribution in [3.63, 3.8) is 0 Å². The first-order valence-corrected chi connectivity index (χ1v) is 7.16. The van der Waals surface area contributed by atoms with Gasteiger partial charge in [0.25, 0.3) is 0 Å². The lowest BCUT2D eigenvalue weighted by molar-refractivity contribution is 0.0542. The highest BCUT2D eigenvalue weighted by Crippen LogP contribution is 2.44. The molecule has 1 saturated carbocycles. The average molecular weight is 280 g/mol. The number of hydrogen-bond donors (Lipinski definition) is 1. The molecule has 6 nitrogen and oxygen atoms in total. The molecule has 1 aromatic heterocycles. The maximum Gasteiger partial charge on any atom is 0.360 e. The van der Waals surface area contributed by atoms with Crippen LogP contribution >= 0.6 is 0 Å². The lowest BCUT2D eigenvalue weighted by Gasteiger charge is -2.22. The van der Waals surface area contributed by atoms with Gasteiger partial charge in [0.15, 0.2) is 11.4 Å². The SMILES string of the molecule is COC(=O)c1c(O)c(C2CC2)nn1CC1CCOCC1. The Labute approximate surface area is 117 Å². The van der Waals surface area contributed by atoms with Crippen LogP contribution in [0.5, 0.6) is 5.75 Å². The van der Waals surface area contributed by atoms with Crippen molar-refractivity contribution in [1.82, 2.24) is 9.78 Å². The van der Waals surface area contributed by atoms with E-state index < -0.39 is 5.97 Å². The van der Waals surface area contributed by atoms with Crippen molar-refractivity contribution in [1.29, 1.82) is 0 Å². The van der Waals surface area contributed by atoms with Crippen LogP contribution in [0.4, 0.5) is 0 Å². The molecular weight excluding hydrogens is 260 g/mol. The van der Waals surface area contributed by atoms with Crippen LogP contribution in [0.2, 0.25) is 0 Å². The van der Waals surface area contributed by atoms with Crippen LogP contribution in [0.25, 0.3) is 0 Å². The van der Waals surface area contributed by atoms with E-state index in [1.165, 1.54) is 7.11 Å². The van der Waals surface area contributed by atoms with Gasteiger partial charge in [0, 0.05) is 25.7 Å². The molecule has 2 heterocycles. The number of nitrogens with zero attached hydrogens (tertiary/aromatic N) is 2. The number of rotatable bonds is 4. The van der Waals surface area contributed by atoms with E-state index in [0.29, 0.717) is 24.1 Å². The molecular formula is C14H20N2O4. The van der Waals surface area contributed by atoms with E-state index in [1.807, 2.05) is 0 Å². The molecule has 0 bridgehead atoms. The first kappa shape index (κ1) is 13.4. The molecule has 110 valence electrons. The monoisotopic (exact) mass is 280 g/mol. The number of aromatic hydroxyl groups is 1.